The number of likely N-dealkylation sites (N-methyl/N-ethyl adjacent to an activating group) is 1. The van der Waals surface area contributed by atoms with Gasteiger partial charge in [-0.05, 0) is 37.3 Å². The lowest BCUT2D eigenvalue weighted by Gasteiger charge is -2.27. The van der Waals surface area contributed by atoms with Crippen molar-refractivity contribution in [2.24, 2.45) is 0 Å². The smallest absolute Gasteiger partial charge is 0.320 e. The van der Waals surface area contributed by atoms with E-state index >= 15 is 0 Å². The Morgan fingerprint density at radius 3 is 2.53 bits per heavy atom. The Balaban J connectivity index is 2.00. The van der Waals surface area contributed by atoms with Crippen LogP contribution in [-0.2, 0) is 21.0 Å². The lowest BCUT2D eigenvalue weighted by Crippen LogP contribution is -2.47. The Morgan fingerprint density at radius 2 is 1.94 bits per heavy atom. The predicted octanol–water partition coefficient (Wildman–Crippen LogP) is 3.02. The third kappa shape index (κ3) is 6.23. The monoisotopic (exact) mass is 551 g/mol. The quantitative estimate of drug-likeness (QED) is 0.533. The summed E-state index contributed by atoms with van der Waals surface area (Å²) >= 11 is 5.81. The maximum absolute atomic E-state index is 13.6. The number of carbonyl (C=O) groups is 2. The molecule has 1 N–H and O–H groups in total. The average Bonchev–Trinajstić information content (AvgIpc) is 3.09. The van der Waals surface area contributed by atoms with Crippen LogP contribution < -0.4 is 14.5 Å². The van der Waals surface area contributed by atoms with Gasteiger partial charge in [-0.1, -0.05) is 11.6 Å². The minimum absolute atomic E-state index is 0.0327. The summed E-state index contributed by atoms with van der Waals surface area (Å²) in [6, 6.07) is 2.83. The fourth-order valence-corrected chi connectivity index (χ4v) is 4.27. The van der Waals surface area contributed by atoms with Crippen LogP contribution in [0.5, 0.6) is 0 Å². The molecule has 1 atom stereocenters. The predicted molar refractivity (Wildman–Crippen MR) is 125 cm³/mol. The van der Waals surface area contributed by atoms with E-state index in [1.165, 1.54) is 26.1 Å². The Bertz CT molecular complexity index is 1290. The Labute approximate surface area is 209 Å². The number of rotatable bonds is 7. The molecule has 1 saturated heterocycles. The molecular formula is C21H22ClF4N5O4S. The molecule has 9 nitrogen and oxygen atoms in total. The van der Waals surface area contributed by atoms with E-state index in [-0.39, 0.29) is 36.0 Å². The summed E-state index contributed by atoms with van der Waals surface area (Å²) in [6.07, 6.45) is -3.80. The number of urea groups is 1. The van der Waals surface area contributed by atoms with Crippen LogP contribution in [0.4, 0.5) is 33.9 Å². The van der Waals surface area contributed by atoms with Gasteiger partial charge in [0.1, 0.15) is 17.7 Å². The highest BCUT2D eigenvalue weighted by Gasteiger charge is 2.45. The van der Waals surface area contributed by atoms with Crippen molar-refractivity contribution in [3.8, 4) is 0 Å². The van der Waals surface area contributed by atoms with Crippen molar-refractivity contribution >= 4 is 45.1 Å². The summed E-state index contributed by atoms with van der Waals surface area (Å²) in [5.74, 6) is -1.82. The lowest BCUT2D eigenvalue weighted by molar-refractivity contribution is -0.137. The molecule has 0 radical (unpaired) electrons. The van der Waals surface area contributed by atoms with Crippen LogP contribution in [0.3, 0.4) is 0 Å². The van der Waals surface area contributed by atoms with Crippen molar-refractivity contribution in [1.82, 2.24) is 14.6 Å². The molecule has 0 aliphatic carbocycles. The van der Waals surface area contributed by atoms with Crippen LogP contribution in [0, 0.1) is 12.7 Å². The van der Waals surface area contributed by atoms with Crippen molar-refractivity contribution in [3.05, 3.63) is 52.4 Å². The number of pyridine rings is 1. The molecule has 196 valence electrons. The second kappa shape index (κ2) is 10.2. The van der Waals surface area contributed by atoms with Crippen molar-refractivity contribution in [2.45, 2.75) is 19.1 Å². The molecule has 1 aliphatic heterocycles. The van der Waals surface area contributed by atoms with Crippen molar-refractivity contribution < 1.29 is 35.6 Å². The molecule has 36 heavy (non-hydrogen) atoms. The van der Waals surface area contributed by atoms with Crippen molar-refractivity contribution in [2.75, 3.05) is 42.7 Å². The van der Waals surface area contributed by atoms with Gasteiger partial charge in [-0.3, -0.25) is 9.69 Å². The lowest BCUT2D eigenvalue weighted by atomic mass is 10.1. The molecule has 0 spiro atoms. The number of aryl methyl sites for hydroxylation is 1. The molecule has 0 saturated carbocycles. The first-order chi connectivity index (χ1) is 16.6. The number of nitrogens with one attached hydrogen (secondary N) is 1. The van der Waals surface area contributed by atoms with Crippen LogP contribution in [0.2, 0.25) is 5.02 Å². The third-order valence-corrected chi connectivity index (χ3v) is 6.37. The van der Waals surface area contributed by atoms with Crippen LogP contribution in [0.15, 0.2) is 30.3 Å². The summed E-state index contributed by atoms with van der Waals surface area (Å²) in [5.41, 5.74) is -0.904. The molecular weight excluding hydrogens is 530 g/mol. The van der Waals surface area contributed by atoms with Crippen LogP contribution >= 0.6 is 11.6 Å². The standard InChI is InChI=1S/C21H22ClF4N5O4S/c1-12-8-13(21(24,25)26)9-18(28-12)31-17(11-30(20(31)33)7-6-27-36(3,34)35)19(32)29(2)14-4-5-16(23)15(22)10-14/h4-5,8-10,17,27H,6-7,11H2,1-3H3. The van der Waals surface area contributed by atoms with Crippen LogP contribution in [-0.4, -0.2) is 69.2 Å². The fourth-order valence-electron chi connectivity index (χ4n) is 3.64. The summed E-state index contributed by atoms with van der Waals surface area (Å²) in [5, 5.41) is -0.254. The molecule has 1 aromatic heterocycles. The average molecular weight is 552 g/mol. The van der Waals surface area contributed by atoms with Crippen molar-refractivity contribution in [1.29, 1.82) is 0 Å². The summed E-state index contributed by atoms with van der Waals surface area (Å²) in [7, 11) is -2.23. The first-order valence-corrected chi connectivity index (χ1v) is 12.7. The second-order valence-electron chi connectivity index (χ2n) is 8.13. The maximum Gasteiger partial charge on any atom is 0.416 e. The van der Waals surface area contributed by atoms with E-state index in [1.54, 1.807) is 0 Å². The zero-order valence-electron chi connectivity index (χ0n) is 19.3. The number of aromatic nitrogens is 1. The number of amides is 3. The topological polar surface area (TPSA) is 103 Å². The van der Waals surface area contributed by atoms with Gasteiger partial charge in [0.2, 0.25) is 10.0 Å². The minimum atomic E-state index is -4.73. The number of benzene rings is 1. The highest BCUT2D eigenvalue weighted by Crippen LogP contribution is 2.34. The molecule has 3 amide bonds. The van der Waals surface area contributed by atoms with Gasteiger partial charge in [0, 0.05) is 31.5 Å². The number of sulfonamides is 1. The highest BCUT2D eigenvalue weighted by atomic mass is 35.5. The van der Waals surface area contributed by atoms with E-state index in [2.05, 4.69) is 9.71 Å². The van der Waals surface area contributed by atoms with Gasteiger partial charge in [-0.2, -0.15) is 13.2 Å². The number of halogens is 5. The molecule has 15 heteroatoms. The SMILES string of the molecule is Cc1cc(C(F)(F)F)cc(N2C(=O)N(CCNS(C)(=O)=O)CC2C(=O)N(C)c2ccc(F)c(Cl)c2)n1. The largest absolute Gasteiger partial charge is 0.416 e. The summed E-state index contributed by atoms with van der Waals surface area (Å²) in [4.78, 5) is 33.8. The fraction of sp³-hybridized carbons (Fsp3) is 0.381. The number of anilines is 2. The number of hydrogen-bond acceptors (Lipinski definition) is 5. The molecule has 0 bridgehead atoms. The highest BCUT2D eigenvalue weighted by molar-refractivity contribution is 7.88. The normalized spacial score (nSPS) is 16.6. The summed E-state index contributed by atoms with van der Waals surface area (Å²) < 4.78 is 78.9. The van der Waals surface area contributed by atoms with Gasteiger partial charge in [0.15, 0.2) is 0 Å². The molecule has 1 unspecified atom stereocenters. The maximum atomic E-state index is 13.6. The van der Waals surface area contributed by atoms with Gasteiger partial charge < -0.3 is 9.80 Å². The van der Waals surface area contributed by atoms with Gasteiger partial charge >= 0.3 is 12.2 Å². The Kier molecular flexibility index (Phi) is 7.81. The zero-order valence-corrected chi connectivity index (χ0v) is 20.9. The van der Waals surface area contributed by atoms with E-state index < -0.39 is 51.4 Å². The van der Waals surface area contributed by atoms with Crippen LogP contribution in [0.25, 0.3) is 0 Å². The third-order valence-electron chi connectivity index (χ3n) is 5.35. The summed E-state index contributed by atoms with van der Waals surface area (Å²) in [6.45, 7) is 0.712. The van der Waals surface area contributed by atoms with E-state index in [9.17, 15) is 35.6 Å². The first-order valence-electron chi connectivity index (χ1n) is 10.4. The van der Waals surface area contributed by atoms with E-state index in [0.717, 1.165) is 33.1 Å². The van der Waals surface area contributed by atoms with Gasteiger partial charge in [-0.25, -0.2) is 27.3 Å². The Hall–Kier alpha value is -2.97. The number of carbonyl (C=O) groups excluding carboxylic acids is 2. The van der Waals surface area contributed by atoms with E-state index in [1.807, 2.05) is 0 Å². The Morgan fingerprint density at radius 1 is 1.28 bits per heavy atom. The van der Waals surface area contributed by atoms with Gasteiger partial charge in [-0.15, -0.1) is 0 Å². The van der Waals surface area contributed by atoms with Gasteiger partial charge in [0.25, 0.3) is 5.91 Å². The second-order valence-corrected chi connectivity index (χ2v) is 10.4. The molecule has 1 aliphatic rings. The molecule has 3 rings (SSSR count). The number of alkyl halides is 3. The molecule has 1 aromatic carbocycles. The van der Waals surface area contributed by atoms with E-state index in [4.69, 9.17) is 11.6 Å². The zero-order chi connectivity index (χ0) is 27.0. The van der Waals surface area contributed by atoms with Gasteiger partial charge in [0.05, 0.1) is 23.4 Å². The minimum Gasteiger partial charge on any atom is -0.320 e. The van der Waals surface area contributed by atoms with Crippen LogP contribution in [0.1, 0.15) is 11.3 Å². The molecule has 2 heterocycles. The van der Waals surface area contributed by atoms with Crippen molar-refractivity contribution in [3.63, 3.8) is 0 Å². The number of hydrogen-bond donors (Lipinski definition) is 1. The van der Waals surface area contributed by atoms with E-state index in [0.29, 0.717) is 6.07 Å². The number of nitrogens with zero attached hydrogens (tertiary/aromatic N) is 4. The first kappa shape index (κ1) is 27.6. The molecule has 2 aromatic rings. The molecule has 1 fully saturated rings.